The molecule has 124 valence electrons. The number of hydrogen-bond acceptors (Lipinski definition) is 3. The number of nitrogens with zero attached hydrogens (tertiary/aromatic N) is 1. The van der Waals surface area contributed by atoms with E-state index in [1.807, 2.05) is 0 Å². The molecule has 2 aromatic rings. The number of alkyl halides is 3. The van der Waals surface area contributed by atoms with Crippen molar-refractivity contribution in [2.45, 2.75) is 25.1 Å². The molecule has 2 N–H and O–H groups in total. The van der Waals surface area contributed by atoms with E-state index in [9.17, 15) is 13.2 Å². The van der Waals surface area contributed by atoms with Gasteiger partial charge in [0.05, 0.1) is 12.1 Å². The smallest absolute Gasteiger partial charge is 0.433 e. The zero-order chi connectivity index (χ0) is 17.0. The van der Waals surface area contributed by atoms with Crippen molar-refractivity contribution in [2.24, 2.45) is 5.73 Å². The second-order valence-corrected chi connectivity index (χ2v) is 5.50. The predicted molar refractivity (Wildman–Crippen MR) is 82.5 cm³/mol. The lowest BCUT2D eigenvalue weighted by atomic mass is 10.00. The highest BCUT2D eigenvalue weighted by Crippen LogP contribution is 2.29. The maximum atomic E-state index is 12.5. The molecule has 3 nitrogen and oxygen atoms in total. The summed E-state index contributed by atoms with van der Waals surface area (Å²) < 4.78 is 42.5. The topological polar surface area (TPSA) is 48.1 Å². The highest BCUT2D eigenvalue weighted by molar-refractivity contribution is 6.32. The number of pyridine rings is 1. The summed E-state index contributed by atoms with van der Waals surface area (Å²) in [6.45, 7) is 0. The zero-order valence-corrected chi connectivity index (χ0v) is 13.2. The van der Waals surface area contributed by atoms with Crippen molar-refractivity contribution in [1.82, 2.24) is 4.98 Å². The molecular formula is C16H16ClF3N2O. The van der Waals surface area contributed by atoms with Crippen molar-refractivity contribution in [3.05, 3.63) is 58.4 Å². The van der Waals surface area contributed by atoms with E-state index in [4.69, 9.17) is 22.1 Å². The van der Waals surface area contributed by atoms with Crippen molar-refractivity contribution in [3.63, 3.8) is 0 Å². The van der Waals surface area contributed by atoms with Crippen molar-refractivity contribution in [3.8, 4) is 5.75 Å². The van der Waals surface area contributed by atoms with Gasteiger partial charge < -0.3 is 10.5 Å². The van der Waals surface area contributed by atoms with Gasteiger partial charge in [-0.1, -0.05) is 23.7 Å². The maximum absolute atomic E-state index is 12.5. The van der Waals surface area contributed by atoms with Crippen molar-refractivity contribution < 1.29 is 17.9 Å². The van der Waals surface area contributed by atoms with Crippen LogP contribution in [0.3, 0.4) is 0 Å². The molecule has 2 rings (SSSR count). The summed E-state index contributed by atoms with van der Waals surface area (Å²) in [6.07, 6.45) is -2.10. The minimum Gasteiger partial charge on any atom is -0.495 e. The molecule has 0 fully saturated rings. The minimum atomic E-state index is -4.42. The number of ether oxygens (including phenoxy) is 1. The molecule has 0 radical (unpaired) electrons. The molecule has 1 heterocycles. The Labute approximate surface area is 137 Å². The predicted octanol–water partition coefficient (Wildman–Crippen LogP) is 4.40. The van der Waals surface area contributed by atoms with Crippen LogP contribution in [0, 0.1) is 0 Å². The van der Waals surface area contributed by atoms with Crippen LogP contribution in [0.25, 0.3) is 0 Å². The van der Waals surface area contributed by atoms with Gasteiger partial charge in [-0.3, -0.25) is 4.98 Å². The standard InChI is InChI=1S/C16H16ClF3N2O/c1-23-14-8-11(4-5-12(14)17)13(21)6-2-10-3-7-15(22-9-10)16(18,19)20/h3-5,7-9,13H,2,6,21H2,1H3. The second-order valence-electron chi connectivity index (χ2n) is 5.09. The molecule has 1 atom stereocenters. The van der Waals surface area contributed by atoms with Crippen molar-refractivity contribution in [1.29, 1.82) is 0 Å². The number of benzene rings is 1. The van der Waals surface area contributed by atoms with Crippen molar-refractivity contribution >= 4 is 11.6 Å². The van der Waals surface area contributed by atoms with Crippen LogP contribution in [0.15, 0.2) is 36.5 Å². The van der Waals surface area contributed by atoms with Crippen LogP contribution >= 0.6 is 11.6 Å². The number of halogens is 4. The van der Waals surface area contributed by atoms with Crippen LogP contribution in [0.1, 0.15) is 29.3 Å². The summed E-state index contributed by atoms with van der Waals surface area (Å²) in [7, 11) is 1.52. The van der Waals surface area contributed by atoms with Gasteiger partial charge in [-0.2, -0.15) is 13.2 Å². The van der Waals surface area contributed by atoms with E-state index < -0.39 is 11.9 Å². The number of nitrogens with two attached hydrogens (primary N) is 1. The third-order valence-electron chi connectivity index (χ3n) is 3.46. The third kappa shape index (κ3) is 4.59. The Balaban J connectivity index is 2.00. The molecule has 1 aromatic carbocycles. The van der Waals surface area contributed by atoms with Crippen LogP contribution in [0.4, 0.5) is 13.2 Å². The van der Waals surface area contributed by atoms with Crippen molar-refractivity contribution in [2.75, 3.05) is 7.11 Å². The summed E-state index contributed by atoms with van der Waals surface area (Å²) >= 11 is 5.96. The molecule has 23 heavy (non-hydrogen) atoms. The van der Waals surface area contributed by atoms with E-state index in [1.54, 1.807) is 18.2 Å². The molecule has 0 bridgehead atoms. The quantitative estimate of drug-likeness (QED) is 0.874. The van der Waals surface area contributed by atoms with Crippen LogP contribution in [0.2, 0.25) is 5.02 Å². The van der Waals surface area contributed by atoms with E-state index in [2.05, 4.69) is 4.98 Å². The maximum Gasteiger partial charge on any atom is 0.433 e. The van der Waals surface area contributed by atoms with E-state index in [0.717, 1.165) is 11.6 Å². The molecule has 1 aromatic heterocycles. The van der Waals surface area contributed by atoms with Gasteiger partial charge in [0.25, 0.3) is 0 Å². The largest absolute Gasteiger partial charge is 0.495 e. The Morgan fingerprint density at radius 2 is 2.00 bits per heavy atom. The monoisotopic (exact) mass is 344 g/mol. The van der Waals surface area contributed by atoms with E-state index in [-0.39, 0.29) is 6.04 Å². The van der Waals surface area contributed by atoms with Gasteiger partial charge in [0.15, 0.2) is 0 Å². The lowest BCUT2D eigenvalue weighted by Gasteiger charge is -2.14. The molecular weight excluding hydrogens is 329 g/mol. The summed E-state index contributed by atoms with van der Waals surface area (Å²) in [5, 5.41) is 0.496. The first-order valence-electron chi connectivity index (χ1n) is 6.92. The average molecular weight is 345 g/mol. The molecule has 0 amide bonds. The van der Waals surface area contributed by atoms with Gasteiger partial charge >= 0.3 is 6.18 Å². The van der Waals surface area contributed by atoms with Gasteiger partial charge in [-0.25, -0.2) is 0 Å². The Kier molecular flexibility index (Phi) is 5.49. The molecule has 0 saturated carbocycles. The summed E-state index contributed by atoms with van der Waals surface area (Å²) in [4.78, 5) is 3.44. The van der Waals surface area contributed by atoms with Gasteiger partial charge in [-0.15, -0.1) is 0 Å². The third-order valence-corrected chi connectivity index (χ3v) is 3.77. The van der Waals surface area contributed by atoms with Crippen LogP contribution in [-0.4, -0.2) is 12.1 Å². The van der Waals surface area contributed by atoms with E-state index >= 15 is 0 Å². The zero-order valence-electron chi connectivity index (χ0n) is 12.4. The Hall–Kier alpha value is -1.79. The fourth-order valence-electron chi connectivity index (χ4n) is 2.14. The number of aromatic nitrogens is 1. The molecule has 7 heteroatoms. The first kappa shape index (κ1) is 17.6. The number of aryl methyl sites for hydroxylation is 1. The van der Waals surface area contributed by atoms with E-state index in [1.165, 1.54) is 19.4 Å². The molecule has 1 unspecified atom stereocenters. The lowest BCUT2D eigenvalue weighted by molar-refractivity contribution is -0.141. The van der Waals surface area contributed by atoms with Crippen LogP contribution < -0.4 is 10.5 Å². The van der Waals surface area contributed by atoms with Gasteiger partial charge in [0.1, 0.15) is 11.4 Å². The molecule has 0 aliphatic rings. The Morgan fingerprint density at radius 1 is 1.26 bits per heavy atom. The van der Waals surface area contributed by atoms with Crippen LogP contribution in [-0.2, 0) is 12.6 Å². The lowest BCUT2D eigenvalue weighted by Crippen LogP contribution is -2.12. The molecule has 0 aliphatic heterocycles. The Bertz CT molecular complexity index is 659. The summed E-state index contributed by atoms with van der Waals surface area (Å²) in [5.41, 5.74) is 6.78. The van der Waals surface area contributed by atoms with Gasteiger partial charge in [0, 0.05) is 12.2 Å². The highest BCUT2D eigenvalue weighted by Gasteiger charge is 2.31. The van der Waals surface area contributed by atoms with Gasteiger partial charge in [-0.05, 0) is 42.2 Å². The van der Waals surface area contributed by atoms with Crippen LogP contribution in [0.5, 0.6) is 5.75 Å². The second kappa shape index (κ2) is 7.19. The van der Waals surface area contributed by atoms with E-state index in [0.29, 0.717) is 29.2 Å². The SMILES string of the molecule is COc1cc(C(N)CCc2ccc(C(F)(F)F)nc2)ccc1Cl. The minimum absolute atomic E-state index is 0.275. The highest BCUT2D eigenvalue weighted by atomic mass is 35.5. The molecule has 0 spiro atoms. The van der Waals surface area contributed by atoms with Gasteiger partial charge in [0.2, 0.25) is 0 Å². The summed E-state index contributed by atoms with van der Waals surface area (Å²) in [5.74, 6) is 0.538. The Morgan fingerprint density at radius 3 is 2.57 bits per heavy atom. The molecule has 0 saturated heterocycles. The average Bonchev–Trinajstić information content (AvgIpc) is 2.52. The fourth-order valence-corrected chi connectivity index (χ4v) is 2.33. The number of rotatable bonds is 5. The first-order chi connectivity index (χ1) is 10.8. The first-order valence-corrected chi connectivity index (χ1v) is 7.30. The number of methoxy groups -OCH3 is 1. The summed E-state index contributed by atoms with van der Waals surface area (Å²) in [6, 6.07) is 7.40. The fraction of sp³-hybridized carbons (Fsp3) is 0.312. The molecule has 0 aliphatic carbocycles. The number of hydrogen-bond donors (Lipinski definition) is 1. The normalized spacial score (nSPS) is 13.0.